The second-order valence-corrected chi connectivity index (χ2v) is 6.27. The molecule has 0 saturated heterocycles. The molecular weight excluding hydrogens is 322 g/mol. The summed E-state index contributed by atoms with van der Waals surface area (Å²) >= 11 is 1.75. The van der Waals surface area contributed by atoms with Crippen LogP contribution in [0.5, 0.6) is 6.01 Å². The molecule has 1 aromatic carbocycles. The number of anilines is 1. The number of benzene rings is 1. The summed E-state index contributed by atoms with van der Waals surface area (Å²) in [5.41, 5.74) is 2.52. The molecule has 24 heavy (non-hydrogen) atoms. The van der Waals surface area contributed by atoms with Gasteiger partial charge in [0.05, 0.1) is 19.4 Å². The molecule has 0 spiro atoms. The Kier molecular flexibility index (Phi) is 5.40. The van der Waals surface area contributed by atoms with E-state index in [1.54, 1.807) is 18.4 Å². The lowest BCUT2D eigenvalue weighted by atomic mass is 10.1. The molecule has 0 fully saturated rings. The van der Waals surface area contributed by atoms with Crippen molar-refractivity contribution in [3.05, 3.63) is 58.3 Å². The van der Waals surface area contributed by atoms with Crippen molar-refractivity contribution in [1.82, 2.24) is 9.97 Å². The maximum absolute atomic E-state index is 9.30. The summed E-state index contributed by atoms with van der Waals surface area (Å²) in [5.74, 6) is 0.725. The summed E-state index contributed by atoms with van der Waals surface area (Å²) < 4.78 is 5.22. The second-order valence-electron chi connectivity index (χ2n) is 5.24. The fourth-order valence-electron chi connectivity index (χ4n) is 2.35. The Morgan fingerprint density at radius 2 is 2.08 bits per heavy atom. The molecule has 0 aliphatic rings. The summed E-state index contributed by atoms with van der Waals surface area (Å²) in [6.07, 6.45) is 0.944. The zero-order valence-electron chi connectivity index (χ0n) is 13.4. The molecule has 2 aromatic heterocycles. The van der Waals surface area contributed by atoms with Gasteiger partial charge in [-0.05, 0) is 29.5 Å². The monoisotopic (exact) mass is 341 g/mol. The lowest BCUT2D eigenvalue weighted by Crippen LogP contribution is -2.07. The maximum atomic E-state index is 9.30. The fraction of sp³-hybridized carbons (Fsp3) is 0.222. The van der Waals surface area contributed by atoms with E-state index in [0.717, 1.165) is 35.6 Å². The summed E-state index contributed by atoms with van der Waals surface area (Å²) in [7, 11) is 1.55. The van der Waals surface area contributed by atoms with Crippen LogP contribution in [0.25, 0.3) is 11.3 Å². The van der Waals surface area contributed by atoms with Crippen molar-refractivity contribution in [3.8, 4) is 17.3 Å². The summed E-state index contributed by atoms with van der Waals surface area (Å²) in [6.45, 7) is 0.790. The number of aromatic nitrogens is 2. The van der Waals surface area contributed by atoms with Crippen molar-refractivity contribution in [1.29, 1.82) is 0 Å². The summed E-state index contributed by atoms with van der Waals surface area (Å²) in [4.78, 5) is 10.1. The van der Waals surface area contributed by atoms with E-state index in [9.17, 15) is 5.11 Å². The number of methoxy groups -OCH3 is 1. The number of rotatable bonds is 7. The number of aliphatic hydroxyl groups excluding tert-OH is 1. The van der Waals surface area contributed by atoms with Crippen LogP contribution >= 0.6 is 11.3 Å². The minimum Gasteiger partial charge on any atom is -0.467 e. The molecule has 2 heterocycles. The zero-order chi connectivity index (χ0) is 16.8. The van der Waals surface area contributed by atoms with Crippen LogP contribution in [0.4, 0.5) is 5.82 Å². The minimum atomic E-state index is 0.00196. The van der Waals surface area contributed by atoms with Crippen molar-refractivity contribution in [2.45, 2.75) is 13.0 Å². The van der Waals surface area contributed by atoms with Crippen LogP contribution in [-0.2, 0) is 13.0 Å². The van der Waals surface area contributed by atoms with Gasteiger partial charge in [-0.3, -0.25) is 0 Å². The van der Waals surface area contributed by atoms with Gasteiger partial charge in [0.25, 0.3) is 0 Å². The van der Waals surface area contributed by atoms with Crippen LogP contribution in [0.2, 0.25) is 0 Å². The average molecular weight is 341 g/mol. The molecule has 3 aromatic rings. The Hall–Kier alpha value is -2.44. The second kappa shape index (κ2) is 7.90. The SMILES string of the molecule is COc1nc(NCCc2cccs2)cc(-c2cccc(CO)c2)n1. The first-order valence-electron chi connectivity index (χ1n) is 7.68. The highest BCUT2D eigenvalue weighted by Crippen LogP contribution is 2.23. The standard InChI is InChI=1S/C18H19N3O2S/c1-23-18-20-16(14-5-2-4-13(10-14)12-22)11-17(21-18)19-8-7-15-6-3-9-24-15/h2-6,9-11,22H,7-8,12H2,1H3,(H,19,20,21). The molecule has 0 radical (unpaired) electrons. The molecule has 0 amide bonds. The van der Waals surface area contributed by atoms with E-state index in [-0.39, 0.29) is 6.61 Å². The van der Waals surface area contributed by atoms with Gasteiger partial charge in [-0.2, -0.15) is 9.97 Å². The summed E-state index contributed by atoms with van der Waals surface area (Å²) in [5, 5.41) is 14.7. The van der Waals surface area contributed by atoms with Crippen LogP contribution in [0.15, 0.2) is 47.8 Å². The third-order valence-corrected chi connectivity index (χ3v) is 4.49. The predicted octanol–water partition coefficient (Wildman–Crippen LogP) is 3.36. The van der Waals surface area contributed by atoms with Gasteiger partial charge >= 0.3 is 6.01 Å². The molecule has 6 heteroatoms. The first-order valence-corrected chi connectivity index (χ1v) is 8.56. The molecule has 5 nitrogen and oxygen atoms in total. The number of nitrogens with one attached hydrogen (secondary N) is 1. The number of hydrogen-bond acceptors (Lipinski definition) is 6. The van der Waals surface area contributed by atoms with Crippen molar-refractivity contribution in [3.63, 3.8) is 0 Å². The quantitative estimate of drug-likeness (QED) is 0.690. The van der Waals surface area contributed by atoms with E-state index < -0.39 is 0 Å². The number of thiophene rings is 1. The number of nitrogens with zero attached hydrogens (tertiary/aromatic N) is 2. The molecule has 0 atom stereocenters. The van der Waals surface area contributed by atoms with Crippen molar-refractivity contribution in [2.75, 3.05) is 19.0 Å². The zero-order valence-corrected chi connectivity index (χ0v) is 14.2. The molecule has 3 rings (SSSR count). The van der Waals surface area contributed by atoms with E-state index in [1.807, 2.05) is 30.3 Å². The van der Waals surface area contributed by atoms with Gasteiger partial charge in [0.1, 0.15) is 5.82 Å². The molecular formula is C18H19N3O2S. The predicted molar refractivity (Wildman–Crippen MR) is 96.5 cm³/mol. The van der Waals surface area contributed by atoms with Crippen molar-refractivity contribution in [2.24, 2.45) is 0 Å². The number of aliphatic hydroxyl groups is 1. The van der Waals surface area contributed by atoms with Gasteiger partial charge < -0.3 is 15.2 Å². The van der Waals surface area contributed by atoms with Gasteiger partial charge in [0, 0.05) is 23.1 Å². The minimum absolute atomic E-state index is 0.00196. The highest BCUT2D eigenvalue weighted by Gasteiger charge is 2.08. The van der Waals surface area contributed by atoms with Crippen LogP contribution in [-0.4, -0.2) is 28.7 Å². The average Bonchev–Trinajstić information content (AvgIpc) is 3.15. The van der Waals surface area contributed by atoms with E-state index in [0.29, 0.717) is 6.01 Å². The van der Waals surface area contributed by atoms with E-state index in [4.69, 9.17) is 4.74 Å². The van der Waals surface area contributed by atoms with Crippen molar-refractivity contribution >= 4 is 17.2 Å². The van der Waals surface area contributed by atoms with Crippen molar-refractivity contribution < 1.29 is 9.84 Å². The topological polar surface area (TPSA) is 67.3 Å². The highest BCUT2D eigenvalue weighted by atomic mass is 32.1. The Morgan fingerprint density at radius 1 is 1.17 bits per heavy atom. The number of ether oxygens (including phenoxy) is 1. The Labute approximate surface area is 145 Å². The first kappa shape index (κ1) is 16.4. The van der Waals surface area contributed by atoms with E-state index in [2.05, 4.69) is 32.8 Å². The smallest absolute Gasteiger partial charge is 0.318 e. The lowest BCUT2D eigenvalue weighted by molar-refractivity contribution is 0.282. The molecule has 0 saturated carbocycles. The molecule has 0 aliphatic heterocycles. The third kappa shape index (κ3) is 4.10. The van der Waals surface area contributed by atoms with E-state index >= 15 is 0 Å². The van der Waals surface area contributed by atoms with Gasteiger partial charge in [-0.25, -0.2) is 0 Å². The highest BCUT2D eigenvalue weighted by molar-refractivity contribution is 7.09. The number of hydrogen-bond donors (Lipinski definition) is 2. The molecule has 124 valence electrons. The van der Waals surface area contributed by atoms with Crippen LogP contribution in [0, 0.1) is 0 Å². The van der Waals surface area contributed by atoms with Crippen LogP contribution in [0.1, 0.15) is 10.4 Å². The Morgan fingerprint density at radius 3 is 2.83 bits per heavy atom. The normalized spacial score (nSPS) is 10.6. The van der Waals surface area contributed by atoms with E-state index in [1.165, 1.54) is 4.88 Å². The first-order chi connectivity index (χ1) is 11.8. The maximum Gasteiger partial charge on any atom is 0.318 e. The molecule has 0 unspecified atom stereocenters. The largest absolute Gasteiger partial charge is 0.467 e. The summed E-state index contributed by atoms with van der Waals surface area (Å²) in [6, 6.07) is 14.0. The Balaban J connectivity index is 1.79. The Bertz CT molecular complexity index is 791. The van der Waals surface area contributed by atoms with Gasteiger partial charge in [0.2, 0.25) is 0 Å². The lowest BCUT2D eigenvalue weighted by Gasteiger charge is -2.10. The van der Waals surface area contributed by atoms with Gasteiger partial charge in [-0.15, -0.1) is 11.3 Å². The fourth-order valence-corrected chi connectivity index (χ4v) is 3.06. The molecule has 0 aliphatic carbocycles. The third-order valence-electron chi connectivity index (χ3n) is 3.55. The molecule has 2 N–H and O–H groups in total. The van der Waals surface area contributed by atoms with Crippen LogP contribution in [0.3, 0.4) is 0 Å². The van der Waals surface area contributed by atoms with Crippen LogP contribution < -0.4 is 10.1 Å². The molecule has 0 bridgehead atoms. The van der Waals surface area contributed by atoms with Gasteiger partial charge in [-0.1, -0.05) is 24.3 Å². The van der Waals surface area contributed by atoms with Gasteiger partial charge in [0.15, 0.2) is 0 Å².